The normalized spacial score (nSPS) is 25.4. The van der Waals surface area contributed by atoms with Crippen molar-refractivity contribution in [3.8, 4) is 6.07 Å². The minimum atomic E-state index is 0.0709. The SMILES string of the molecule is C[C@@H]1CN(c2ccc(C#N)c3nccnc23)C[C@H](C(S)C2CNC2)O1. The molecule has 7 heteroatoms. The van der Waals surface area contributed by atoms with Crippen molar-refractivity contribution in [1.29, 1.82) is 5.26 Å². The second-order valence-electron chi connectivity index (χ2n) is 6.80. The van der Waals surface area contributed by atoms with Crippen molar-refractivity contribution in [3.05, 3.63) is 30.1 Å². The predicted molar refractivity (Wildman–Crippen MR) is 99.9 cm³/mol. The summed E-state index contributed by atoms with van der Waals surface area (Å²) in [5.41, 5.74) is 2.99. The van der Waals surface area contributed by atoms with Gasteiger partial charge in [-0.3, -0.25) is 9.97 Å². The lowest BCUT2D eigenvalue weighted by atomic mass is 9.94. The van der Waals surface area contributed by atoms with E-state index in [1.54, 1.807) is 12.4 Å². The number of fused-ring (bicyclic) bond motifs is 1. The Balaban J connectivity index is 1.67. The summed E-state index contributed by atoms with van der Waals surface area (Å²) in [6, 6.07) is 6.01. The Kier molecular flexibility index (Phi) is 4.50. The molecule has 0 saturated carbocycles. The van der Waals surface area contributed by atoms with Gasteiger partial charge in [-0.05, 0) is 25.0 Å². The number of hydrogen-bond donors (Lipinski definition) is 2. The summed E-state index contributed by atoms with van der Waals surface area (Å²) in [6.45, 7) is 5.67. The number of benzene rings is 1. The van der Waals surface area contributed by atoms with E-state index in [0.717, 1.165) is 37.4 Å². The maximum absolute atomic E-state index is 9.32. The molecule has 6 nitrogen and oxygen atoms in total. The fourth-order valence-corrected chi connectivity index (χ4v) is 3.99. The molecule has 3 atom stereocenters. The topological polar surface area (TPSA) is 74.1 Å². The van der Waals surface area contributed by atoms with E-state index in [0.29, 0.717) is 17.0 Å². The summed E-state index contributed by atoms with van der Waals surface area (Å²) >= 11 is 4.84. The molecule has 0 aliphatic carbocycles. The van der Waals surface area contributed by atoms with Gasteiger partial charge < -0.3 is 15.0 Å². The maximum Gasteiger partial charge on any atom is 0.113 e. The standard InChI is InChI=1S/C18H21N5OS/c1-11-9-23(10-15(24-11)18(25)13-7-20-8-13)14-3-2-12(6-19)16-17(14)22-5-4-21-16/h2-5,11,13,15,18,20,25H,7-10H2,1H3/t11-,15-,18?/m1/s1. The van der Waals surface area contributed by atoms with Crippen LogP contribution in [-0.4, -0.2) is 53.6 Å². The Hall–Kier alpha value is -1.88. The highest BCUT2D eigenvalue weighted by Crippen LogP contribution is 2.31. The number of aromatic nitrogens is 2. The zero-order valence-corrected chi connectivity index (χ0v) is 15.0. The molecule has 1 aromatic carbocycles. The fourth-order valence-electron chi connectivity index (χ4n) is 3.62. The number of nitriles is 1. The van der Waals surface area contributed by atoms with E-state index in [4.69, 9.17) is 17.4 Å². The van der Waals surface area contributed by atoms with Gasteiger partial charge >= 0.3 is 0 Å². The van der Waals surface area contributed by atoms with E-state index in [9.17, 15) is 5.26 Å². The van der Waals surface area contributed by atoms with E-state index >= 15 is 0 Å². The molecular formula is C18H21N5OS. The van der Waals surface area contributed by atoms with Crippen LogP contribution in [-0.2, 0) is 4.74 Å². The number of anilines is 1. The van der Waals surface area contributed by atoms with Crippen molar-refractivity contribution in [2.45, 2.75) is 24.4 Å². The van der Waals surface area contributed by atoms with Crippen molar-refractivity contribution in [1.82, 2.24) is 15.3 Å². The van der Waals surface area contributed by atoms with Crippen molar-refractivity contribution >= 4 is 29.3 Å². The second kappa shape index (κ2) is 6.79. The smallest absolute Gasteiger partial charge is 0.113 e. The first-order valence-corrected chi connectivity index (χ1v) is 9.12. The molecule has 0 spiro atoms. The first kappa shape index (κ1) is 16.6. The lowest BCUT2D eigenvalue weighted by molar-refractivity contribution is -0.0263. The molecule has 0 amide bonds. The van der Waals surface area contributed by atoms with E-state index in [-0.39, 0.29) is 17.5 Å². The number of morpholine rings is 1. The molecule has 3 heterocycles. The molecule has 1 unspecified atom stereocenters. The molecule has 2 aliphatic heterocycles. The fraction of sp³-hybridized carbons (Fsp3) is 0.500. The maximum atomic E-state index is 9.32. The third kappa shape index (κ3) is 3.06. The zero-order chi connectivity index (χ0) is 17.4. The number of rotatable bonds is 3. The Morgan fingerprint density at radius 2 is 2.04 bits per heavy atom. The molecular weight excluding hydrogens is 334 g/mol. The zero-order valence-electron chi connectivity index (χ0n) is 14.1. The molecule has 2 aliphatic rings. The predicted octanol–water partition coefficient (Wildman–Crippen LogP) is 1.61. The van der Waals surface area contributed by atoms with E-state index in [2.05, 4.69) is 33.2 Å². The third-order valence-electron chi connectivity index (χ3n) is 5.03. The quantitative estimate of drug-likeness (QED) is 0.815. The minimum Gasteiger partial charge on any atom is -0.370 e. The van der Waals surface area contributed by atoms with Gasteiger partial charge in [0.25, 0.3) is 0 Å². The minimum absolute atomic E-state index is 0.0709. The van der Waals surface area contributed by atoms with Crippen LogP contribution in [0.5, 0.6) is 0 Å². The van der Waals surface area contributed by atoms with Crippen molar-refractivity contribution in [2.24, 2.45) is 5.92 Å². The van der Waals surface area contributed by atoms with Gasteiger partial charge in [0.1, 0.15) is 17.1 Å². The molecule has 25 heavy (non-hydrogen) atoms. The lowest BCUT2D eigenvalue weighted by Gasteiger charge is -2.44. The van der Waals surface area contributed by atoms with Crippen LogP contribution in [0.1, 0.15) is 12.5 Å². The highest BCUT2D eigenvalue weighted by atomic mass is 32.1. The number of thiol groups is 1. The molecule has 1 aromatic heterocycles. The van der Waals surface area contributed by atoms with Gasteiger partial charge in [0.05, 0.1) is 23.5 Å². The summed E-state index contributed by atoms with van der Waals surface area (Å²) in [5.74, 6) is 0.554. The summed E-state index contributed by atoms with van der Waals surface area (Å²) in [6.07, 6.45) is 3.49. The van der Waals surface area contributed by atoms with E-state index in [1.165, 1.54) is 0 Å². The van der Waals surface area contributed by atoms with Crippen LogP contribution in [0.2, 0.25) is 0 Å². The summed E-state index contributed by atoms with van der Waals surface area (Å²) in [7, 11) is 0. The average Bonchev–Trinajstić information content (AvgIpc) is 2.58. The van der Waals surface area contributed by atoms with Gasteiger partial charge in [0.2, 0.25) is 0 Å². The Morgan fingerprint density at radius 3 is 2.72 bits per heavy atom. The van der Waals surface area contributed by atoms with Crippen LogP contribution >= 0.6 is 12.6 Å². The van der Waals surface area contributed by atoms with Gasteiger partial charge in [-0.1, -0.05) is 0 Å². The van der Waals surface area contributed by atoms with Crippen molar-refractivity contribution in [3.63, 3.8) is 0 Å². The molecule has 2 fully saturated rings. The van der Waals surface area contributed by atoms with E-state index in [1.807, 2.05) is 12.1 Å². The van der Waals surface area contributed by atoms with Crippen molar-refractivity contribution in [2.75, 3.05) is 31.1 Å². The van der Waals surface area contributed by atoms with Gasteiger partial charge in [-0.25, -0.2) is 0 Å². The van der Waals surface area contributed by atoms with Crippen LogP contribution in [0.15, 0.2) is 24.5 Å². The van der Waals surface area contributed by atoms with Crippen LogP contribution in [0.25, 0.3) is 11.0 Å². The number of ether oxygens (including phenoxy) is 1. The van der Waals surface area contributed by atoms with Crippen LogP contribution < -0.4 is 10.2 Å². The Bertz CT molecular complexity index is 819. The number of hydrogen-bond acceptors (Lipinski definition) is 7. The van der Waals surface area contributed by atoms with Gasteiger partial charge in [0, 0.05) is 43.8 Å². The van der Waals surface area contributed by atoms with Gasteiger partial charge in [-0.15, -0.1) is 0 Å². The van der Waals surface area contributed by atoms with Crippen LogP contribution in [0, 0.1) is 17.2 Å². The lowest BCUT2D eigenvalue weighted by Crippen LogP contribution is -2.56. The first-order valence-electron chi connectivity index (χ1n) is 8.60. The molecule has 0 bridgehead atoms. The summed E-state index contributed by atoms with van der Waals surface area (Å²) < 4.78 is 6.18. The molecule has 1 N–H and O–H groups in total. The number of nitrogens with one attached hydrogen (secondary N) is 1. The highest BCUT2D eigenvalue weighted by Gasteiger charge is 2.36. The monoisotopic (exact) mass is 355 g/mol. The molecule has 130 valence electrons. The molecule has 0 radical (unpaired) electrons. The molecule has 4 rings (SSSR count). The Morgan fingerprint density at radius 1 is 1.28 bits per heavy atom. The number of nitrogens with zero attached hydrogens (tertiary/aromatic N) is 4. The average molecular weight is 355 g/mol. The second-order valence-corrected chi connectivity index (χ2v) is 7.39. The third-order valence-corrected chi connectivity index (χ3v) is 5.78. The summed E-state index contributed by atoms with van der Waals surface area (Å²) in [4.78, 5) is 11.2. The first-order chi connectivity index (χ1) is 12.2. The largest absolute Gasteiger partial charge is 0.370 e. The van der Waals surface area contributed by atoms with Crippen LogP contribution in [0.4, 0.5) is 5.69 Å². The Labute approximate surface area is 152 Å². The summed E-state index contributed by atoms with van der Waals surface area (Å²) in [5, 5.41) is 12.8. The van der Waals surface area contributed by atoms with Crippen molar-refractivity contribution < 1.29 is 4.74 Å². The molecule has 2 aromatic rings. The molecule has 2 saturated heterocycles. The van der Waals surface area contributed by atoms with Crippen LogP contribution in [0.3, 0.4) is 0 Å². The van der Waals surface area contributed by atoms with Gasteiger partial charge in [0.15, 0.2) is 0 Å². The highest BCUT2D eigenvalue weighted by molar-refractivity contribution is 7.81. The van der Waals surface area contributed by atoms with Gasteiger partial charge in [-0.2, -0.15) is 17.9 Å². The van der Waals surface area contributed by atoms with E-state index < -0.39 is 0 Å².